The topological polar surface area (TPSA) is 59.1 Å². The molecule has 3 saturated heterocycles. The second-order valence-electron chi connectivity index (χ2n) is 9.72. The lowest BCUT2D eigenvalue weighted by atomic mass is 10.0. The van der Waals surface area contributed by atoms with Crippen LogP contribution in [0, 0.1) is 19.8 Å². The second-order valence-corrected chi connectivity index (χ2v) is 10.5. The molecule has 2 aromatic carbocycles. The van der Waals surface area contributed by atoms with Gasteiger partial charge in [-0.1, -0.05) is 42.3 Å². The van der Waals surface area contributed by atoms with Crippen LogP contribution in [0.5, 0.6) is 0 Å². The van der Waals surface area contributed by atoms with E-state index in [0.717, 1.165) is 24.3 Å². The van der Waals surface area contributed by atoms with E-state index >= 15 is 0 Å². The first-order chi connectivity index (χ1) is 16.2. The number of amides is 3. The molecule has 3 fully saturated rings. The number of halogens is 2. The number of imide groups is 1. The minimum absolute atomic E-state index is 0.150. The van der Waals surface area contributed by atoms with Gasteiger partial charge in [-0.25, -0.2) is 4.79 Å². The molecule has 2 aromatic rings. The Bertz CT molecular complexity index is 1160. The Morgan fingerprint density at radius 3 is 2.47 bits per heavy atom. The van der Waals surface area contributed by atoms with E-state index in [4.69, 9.17) is 23.2 Å². The molecule has 1 N–H and O–H groups in total. The van der Waals surface area contributed by atoms with Crippen molar-refractivity contribution in [3.8, 4) is 0 Å². The molecular weight excluding hydrogens is 473 g/mol. The highest BCUT2D eigenvalue weighted by Gasteiger charge is 2.56. The molecule has 0 aromatic heterocycles. The summed E-state index contributed by atoms with van der Waals surface area (Å²) in [6, 6.07) is 10.9. The average molecular weight is 502 g/mol. The second kappa shape index (κ2) is 8.72. The summed E-state index contributed by atoms with van der Waals surface area (Å²) in [5, 5.41) is 4.42. The third-order valence-corrected chi connectivity index (χ3v) is 7.97. The number of carbonyl (C=O) groups excluding carboxylic acids is 2. The lowest BCUT2D eigenvalue weighted by Crippen LogP contribution is -2.66. The van der Waals surface area contributed by atoms with Crippen LogP contribution in [0.25, 0.3) is 0 Å². The monoisotopic (exact) mass is 501 g/mol. The van der Waals surface area contributed by atoms with Crippen LogP contribution in [-0.4, -0.2) is 65.3 Å². The smallest absolute Gasteiger partial charge is 0.328 e. The third kappa shape index (κ3) is 3.85. The summed E-state index contributed by atoms with van der Waals surface area (Å²) in [6.45, 7) is 8.21. The summed E-state index contributed by atoms with van der Waals surface area (Å²) in [4.78, 5) is 34.5. The number of carbonyl (C=O) groups is 2. The van der Waals surface area contributed by atoms with Gasteiger partial charge in [0, 0.05) is 25.8 Å². The summed E-state index contributed by atoms with van der Waals surface area (Å²) in [5.41, 5.74) is 4.35. The molecule has 4 unspecified atom stereocenters. The van der Waals surface area contributed by atoms with Crippen molar-refractivity contribution < 1.29 is 9.59 Å². The molecule has 0 spiro atoms. The Morgan fingerprint density at radius 1 is 1.00 bits per heavy atom. The van der Waals surface area contributed by atoms with Crippen LogP contribution in [0.3, 0.4) is 0 Å². The molecule has 0 saturated carbocycles. The van der Waals surface area contributed by atoms with Crippen molar-refractivity contribution in [1.29, 1.82) is 0 Å². The van der Waals surface area contributed by atoms with Gasteiger partial charge in [-0.3, -0.25) is 19.9 Å². The van der Waals surface area contributed by atoms with Crippen molar-refractivity contribution in [3.63, 3.8) is 0 Å². The number of urea groups is 1. The van der Waals surface area contributed by atoms with Gasteiger partial charge in [0.2, 0.25) is 0 Å². The number of nitrogens with one attached hydrogen (secondary N) is 1. The van der Waals surface area contributed by atoms with Gasteiger partial charge in [-0.15, -0.1) is 0 Å². The van der Waals surface area contributed by atoms with Crippen LogP contribution in [0.2, 0.25) is 10.0 Å². The van der Waals surface area contributed by atoms with Crippen LogP contribution in [-0.2, 0) is 11.3 Å². The van der Waals surface area contributed by atoms with Crippen molar-refractivity contribution in [2.75, 3.05) is 25.0 Å². The van der Waals surface area contributed by atoms with Crippen molar-refractivity contribution in [1.82, 2.24) is 20.0 Å². The summed E-state index contributed by atoms with van der Waals surface area (Å²) >= 11 is 12.2. The maximum Gasteiger partial charge on any atom is 0.328 e. The molecule has 7 nitrogen and oxygen atoms in total. The van der Waals surface area contributed by atoms with Crippen molar-refractivity contribution >= 4 is 40.8 Å². The van der Waals surface area contributed by atoms with Gasteiger partial charge in [-0.05, 0) is 60.7 Å². The zero-order valence-electron chi connectivity index (χ0n) is 19.8. The van der Waals surface area contributed by atoms with Crippen molar-refractivity contribution in [2.24, 2.45) is 5.92 Å². The number of anilines is 1. The summed E-state index contributed by atoms with van der Waals surface area (Å²) in [5.74, 6) is 0.168. The molecule has 3 aliphatic heterocycles. The predicted octanol–water partition coefficient (Wildman–Crippen LogP) is 4.04. The zero-order valence-corrected chi connectivity index (χ0v) is 21.3. The van der Waals surface area contributed by atoms with Crippen LogP contribution in [0.1, 0.15) is 23.6 Å². The number of fused-ring (bicyclic) bond motifs is 3. The fourth-order valence-electron chi connectivity index (χ4n) is 5.29. The van der Waals surface area contributed by atoms with E-state index < -0.39 is 12.2 Å². The highest BCUT2D eigenvalue weighted by Crippen LogP contribution is 2.35. The van der Waals surface area contributed by atoms with Gasteiger partial charge in [0.25, 0.3) is 5.91 Å². The number of rotatable bonds is 3. The van der Waals surface area contributed by atoms with Crippen LogP contribution < -0.4 is 10.2 Å². The molecule has 180 valence electrons. The first-order valence-corrected chi connectivity index (χ1v) is 12.3. The van der Waals surface area contributed by atoms with E-state index in [9.17, 15) is 9.59 Å². The number of hydrogen-bond donors (Lipinski definition) is 1. The summed E-state index contributed by atoms with van der Waals surface area (Å²) < 4.78 is 0. The molecule has 0 radical (unpaired) electrons. The molecule has 3 amide bonds. The standard InChI is InChI=1S/C25H29Cl2N5O2/c1-14-11-30(18-7-5-15(2)16(3)9-18)24-28-22-21(31(24)12-14)23(33)32(25(34)29(22)4)13-17-6-8-19(26)20(27)10-17/h5-10,14,21-22,24,28H,11-13H2,1-4H3. The zero-order chi connectivity index (χ0) is 24.3. The quantitative estimate of drug-likeness (QED) is 0.687. The number of nitrogens with zero attached hydrogens (tertiary/aromatic N) is 4. The van der Waals surface area contributed by atoms with Gasteiger partial charge in [0.15, 0.2) is 0 Å². The lowest BCUT2D eigenvalue weighted by Gasteiger charge is -2.46. The van der Waals surface area contributed by atoms with E-state index in [0.29, 0.717) is 16.0 Å². The maximum atomic E-state index is 13.7. The van der Waals surface area contributed by atoms with E-state index in [1.165, 1.54) is 16.0 Å². The minimum atomic E-state index is -0.465. The Kier molecular flexibility index (Phi) is 6.01. The van der Waals surface area contributed by atoms with Gasteiger partial charge in [0.1, 0.15) is 18.5 Å². The van der Waals surface area contributed by atoms with Crippen LogP contribution >= 0.6 is 23.2 Å². The van der Waals surface area contributed by atoms with Gasteiger partial charge < -0.3 is 9.80 Å². The molecule has 5 rings (SSSR count). The van der Waals surface area contributed by atoms with E-state index in [1.54, 1.807) is 30.1 Å². The van der Waals surface area contributed by atoms with Crippen LogP contribution in [0.15, 0.2) is 36.4 Å². The van der Waals surface area contributed by atoms with Crippen LogP contribution in [0.4, 0.5) is 10.5 Å². The Labute approximate surface area is 210 Å². The van der Waals surface area contributed by atoms with Crippen molar-refractivity contribution in [2.45, 2.75) is 45.8 Å². The fourth-order valence-corrected chi connectivity index (χ4v) is 5.61. The predicted molar refractivity (Wildman–Crippen MR) is 134 cm³/mol. The average Bonchev–Trinajstić information content (AvgIpc) is 3.18. The highest BCUT2D eigenvalue weighted by molar-refractivity contribution is 6.42. The number of benzene rings is 2. The van der Waals surface area contributed by atoms with E-state index in [1.807, 2.05) is 0 Å². The van der Waals surface area contributed by atoms with Gasteiger partial charge in [-0.2, -0.15) is 0 Å². The third-order valence-electron chi connectivity index (χ3n) is 7.23. The molecule has 0 aliphatic carbocycles. The first kappa shape index (κ1) is 23.4. The van der Waals surface area contributed by atoms with Gasteiger partial charge in [0.05, 0.1) is 16.6 Å². The molecule has 4 atom stereocenters. The Balaban J connectivity index is 1.46. The Hall–Kier alpha value is -2.32. The molecule has 34 heavy (non-hydrogen) atoms. The summed E-state index contributed by atoms with van der Waals surface area (Å²) in [6.07, 6.45) is -0.563. The molecule has 3 aliphatic rings. The normalized spacial score (nSPS) is 27.3. The largest absolute Gasteiger partial charge is 0.343 e. The highest BCUT2D eigenvalue weighted by atomic mass is 35.5. The Morgan fingerprint density at radius 2 is 1.76 bits per heavy atom. The fraction of sp³-hybridized carbons (Fsp3) is 0.440. The van der Waals surface area contributed by atoms with E-state index in [-0.39, 0.29) is 24.8 Å². The number of hydrogen-bond acceptors (Lipinski definition) is 5. The minimum Gasteiger partial charge on any atom is -0.343 e. The number of likely N-dealkylation sites (N-methyl/N-ethyl adjacent to an activating group) is 1. The maximum absolute atomic E-state index is 13.7. The molecule has 0 bridgehead atoms. The number of aryl methyl sites for hydroxylation is 2. The van der Waals surface area contributed by atoms with E-state index in [2.05, 4.69) is 54.1 Å². The summed E-state index contributed by atoms with van der Waals surface area (Å²) in [7, 11) is 1.75. The molecule has 3 heterocycles. The SMILES string of the molecule is Cc1ccc(N2CC(C)CN3C4C(=O)N(Cc5ccc(Cl)c(Cl)c5)C(=O)N(C)C4NC23)cc1C. The lowest BCUT2D eigenvalue weighted by molar-refractivity contribution is -0.139. The molecule has 9 heteroatoms. The molecular formula is C25H29Cl2N5O2. The van der Waals surface area contributed by atoms with Crippen molar-refractivity contribution in [3.05, 3.63) is 63.1 Å². The van der Waals surface area contributed by atoms with Gasteiger partial charge >= 0.3 is 6.03 Å². The first-order valence-electron chi connectivity index (χ1n) is 11.5.